The highest BCUT2D eigenvalue weighted by Crippen LogP contribution is 2.45. The summed E-state index contributed by atoms with van der Waals surface area (Å²) in [6.45, 7) is 2.56. The van der Waals surface area contributed by atoms with Crippen molar-refractivity contribution in [3.05, 3.63) is 53.5 Å². The van der Waals surface area contributed by atoms with Gasteiger partial charge in [-0.15, -0.1) is 0 Å². The quantitative estimate of drug-likeness (QED) is 0.712. The SMILES string of the molecule is COC(=O)c1coc(CN2C[C@@H]3CN(C(=O)N(C)C)[C@H](c4cccc(F)c4)[C@@H]3C2)n1. The maximum atomic E-state index is 13.9. The molecule has 4 rings (SSSR count). The molecule has 0 unspecified atom stereocenters. The van der Waals surface area contributed by atoms with Crippen molar-refractivity contribution in [1.29, 1.82) is 0 Å². The number of nitrogens with zero attached hydrogens (tertiary/aromatic N) is 4. The molecule has 0 spiro atoms. The molecule has 0 radical (unpaired) electrons. The highest BCUT2D eigenvalue weighted by molar-refractivity contribution is 5.86. The summed E-state index contributed by atoms with van der Waals surface area (Å²) in [5.41, 5.74) is 0.955. The van der Waals surface area contributed by atoms with Crippen LogP contribution in [0.25, 0.3) is 0 Å². The predicted molar refractivity (Wildman–Crippen MR) is 105 cm³/mol. The number of methoxy groups -OCH3 is 1. The summed E-state index contributed by atoms with van der Waals surface area (Å²) in [6, 6.07) is 6.23. The van der Waals surface area contributed by atoms with Gasteiger partial charge in [0.15, 0.2) is 5.69 Å². The van der Waals surface area contributed by atoms with E-state index >= 15 is 0 Å². The van der Waals surface area contributed by atoms with E-state index in [-0.39, 0.29) is 35.4 Å². The summed E-state index contributed by atoms with van der Waals surface area (Å²) in [5, 5.41) is 0. The van der Waals surface area contributed by atoms with Gasteiger partial charge in [-0.05, 0) is 23.6 Å². The number of amides is 2. The largest absolute Gasteiger partial charge is 0.464 e. The van der Waals surface area contributed by atoms with Gasteiger partial charge < -0.3 is 19.0 Å². The molecular weight excluding hydrogens is 391 g/mol. The Morgan fingerprint density at radius 1 is 1.30 bits per heavy atom. The maximum Gasteiger partial charge on any atom is 0.360 e. The van der Waals surface area contributed by atoms with E-state index in [4.69, 9.17) is 4.42 Å². The van der Waals surface area contributed by atoms with E-state index in [0.29, 0.717) is 19.0 Å². The first-order valence-electron chi connectivity index (χ1n) is 9.86. The number of fused-ring (bicyclic) bond motifs is 1. The molecule has 1 aromatic heterocycles. The summed E-state index contributed by atoms with van der Waals surface area (Å²) in [4.78, 5) is 34.2. The predicted octanol–water partition coefficient (Wildman–Crippen LogP) is 2.39. The van der Waals surface area contributed by atoms with Crippen LogP contribution in [0.3, 0.4) is 0 Å². The van der Waals surface area contributed by atoms with Gasteiger partial charge >= 0.3 is 12.0 Å². The Kier molecular flexibility index (Phi) is 5.46. The minimum Gasteiger partial charge on any atom is -0.464 e. The number of hydrogen-bond donors (Lipinski definition) is 0. The smallest absolute Gasteiger partial charge is 0.360 e. The molecular formula is C21H25FN4O4. The van der Waals surface area contributed by atoms with Crippen molar-refractivity contribution in [1.82, 2.24) is 19.7 Å². The third-order valence-electron chi connectivity index (χ3n) is 5.86. The van der Waals surface area contributed by atoms with Crippen LogP contribution in [0.4, 0.5) is 9.18 Å². The summed E-state index contributed by atoms with van der Waals surface area (Å²) >= 11 is 0. The van der Waals surface area contributed by atoms with Gasteiger partial charge in [0, 0.05) is 39.6 Å². The summed E-state index contributed by atoms with van der Waals surface area (Å²) in [5.74, 6) is 0.0346. The first-order chi connectivity index (χ1) is 14.4. The monoisotopic (exact) mass is 416 g/mol. The van der Waals surface area contributed by atoms with Crippen LogP contribution in [0.2, 0.25) is 0 Å². The zero-order valence-electron chi connectivity index (χ0n) is 17.2. The minimum absolute atomic E-state index is 0.0689. The second-order valence-electron chi connectivity index (χ2n) is 8.07. The van der Waals surface area contributed by atoms with Crippen molar-refractivity contribution >= 4 is 12.0 Å². The van der Waals surface area contributed by atoms with Crippen LogP contribution in [0.1, 0.15) is 28.0 Å². The fraction of sp³-hybridized carbons (Fsp3) is 0.476. The Bertz CT molecular complexity index is 947. The van der Waals surface area contributed by atoms with Crippen LogP contribution in [0.5, 0.6) is 0 Å². The van der Waals surface area contributed by atoms with E-state index < -0.39 is 5.97 Å². The van der Waals surface area contributed by atoms with E-state index in [2.05, 4.69) is 14.6 Å². The van der Waals surface area contributed by atoms with Crippen molar-refractivity contribution in [2.24, 2.45) is 11.8 Å². The van der Waals surface area contributed by atoms with Crippen molar-refractivity contribution in [3.8, 4) is 0 Å². The van der Waals surface area contributed by atoms with Crippen molar-refractivity contribution in [3.63, 3.8) is 0 Å². The number of halogens is 1. The molecule has 2 saturated heterocycles. The molecule has 0 aliphatic carbocycles. The summed E-state index contributed by atoms with van der Waals surface area (Å²) < 4.78 is 24.0. The third-order valence-corrected chi connectivity index (χ3v) is 5.86. The highest BCUT2D eigenvalue weighted by atomic mass is 19.1. The summed E-state index contributed by atoms with van der Waals surface area (Å²) in [7, 11) is 4.76. The Morgan fingerprint density at radius 2 is 2.10 bits per heavy atom. The van der Waals surface area contributed by atoms with Crippen LogP contribution in [0, 0.1) is 17.7 Å². The number of esters is 1. The van der Waals surface area contributed by atoms with Crippen LogP contribution in [-0.2, 0) is 11.3 Å². The van der Waals surface area contributed by atoms with Crippen molar-refractivity contribution < 1.29 is 23.1 Å². The van der Waals surface area contributed by atoms with Gasteiger partial charge in [0.05, 0.1) is 19.7 Å². The molecule has 3 atom stereocenters. The van der Waals surface area contributed by atoms with E-state index in [1.807, 2.05) is 11.0 Å². The van der Waals surface area contributed by atoms with Gasteiger partial charge in [-0.1, -0.05) is 12.1 Å². The Hall–Kier alpha value is -2.94. The third kappa shape index (κ3) is 3.77. The van der Waals surface area contributed by atoms with E-state index in [9.17, 15) is 14.0 Å². The second-order valence-corrected chi connectivity index (χ2v) is 8.07. The minimum atomic E-state index is -0.535. The lowest BCUT2D eigenvalue weighted by Gasteiger charge is -2.31. The topological polar surface area (TPSA) is 79.1 Å². The van der Waals surface area contributed by atoms with Crippen LogP contribution < -0.4 is 0 Å². The molecule has 2 aliphatic rings. The maximum absolute atomic E-state index is 13.9. The number of carbonyl (C=O) groups is 2. The number of urea groups is 1. The molecule has 30 heavy (non-hydrogen) atoms. The average molecular weight is 416 g/mol. The lowest BCUT2D eigenvalue weighted by Crippen LogP contribution is -2.41. The van der Waals surface area contributed by atoms with Crippen molar-refractivity contribution in [2.45, 2.75) is 12.6 Å². The Balaban J connectivity index is 1.53. The molecule has 3 heterocycles. The van der Waals surface area contributed by atoms with Gasteiger partial charge in [0.25, 0.3) is 0 Å². The van der Waals surface area contributed by atoms with Gasteiger partial charge in [-0.25, -0.2) is 19.0 Å². The van der Waals surface area contributed by atoms with E-state index in [1.54, 1.807) is 25.1 Å². The fourth-order valence-electron chi connectivity index (χ4n) is 4.61. The van der Waals surface area contributed by atoms with E-state index in [1.165, 1.54) is 25.5 Å². The molecule has 2 aliphatic heterocycles. The van der Waals surface area contributed by atoms with Crippen LogP contribution in [0.15, 0.2) is 34.9 Å². The zero-order valence-corrected chi connectivity index (χ0v) is 17.2. The molecule has 1 aromatic carbocycles. The first kappa shape index (κ1) is 20.3. The number of oxazole rings is 1. The molecule has 0 bridgehead atoms. The molecule has 0 N–H and O–H groups in total. The standard InChI is InChI=1S/C21H25FN4O4/c1-24(2)21(28)26-9-14-8-25(11-18-23-17(12-30-18)20(27)29-3)10-16(14)19(26)13-5-4-6-15(22)7-13/h4-7,12,14,16,19H,8-11H2,1-3H3/t14-,16-,19-/m1/s1. The number of hydrogen-bond acceptors (Lipinski definition) is 6. The van der Waals surface area contributed by atoms with E-state index in [0.717, 1.165) is 18.7 Å². The normalized spacial score (nSPS) is 23.5. The summed E-state index contributed by atoms with van der Waals surface area (Å²) in [6.07, 6.45) is 1.30. The molecule has 2 aromatic rings. The Morgan fingerprint density at radius 3 is 2.80 bits per heavy atom. The lowest BCUT2D eigenvalue weighted by molar-refractivity contribution is 0.0594. The van der Waals surface area contributed by atoms with Gasteiger partial charge in [0.1, 0.15) is 12.1 Å². The number of likely N-dealkylation sites (tertiary alicyclic amines) is 2. The molecule has 8 nitrogen and oxygen atoms in total. The highest BCUT2D eigenvalue weighted by Gasteiger charge is 2.49. The molecule has 2 fully saturated rings. The zero-order chi connectivity index (χ0) is 21.4. The number of ether oxygens (including phenoxy) is 1. The average Bonchev–Trinajstić information content (AvgIpc) is 3.41. The van der Waals surface area contributed by atoms with Gasteiger partial charge in [-0.3, -0.25) is 4.90 Å². The van der Waals surface area contributed by atoms with Crippen LogP contribution in [-0.4, -0.2) is 72.5 Å². The van der Waals surface area contributed by atoms with Crippen LogP contribution >= 0.6 is 0 Å². The molecule has 9 heteroatoms. The van der Waals surface area contributed by atoms with Crippen molar-refractivity contribution in [2.75, 3.05) is 40.8 Å². The lowest BCUT2D eigenvalue weighted by atomic mass is 9.89. The first-order valence-corrected chi connectivity index (χ1v) is 9.86. The molecule has 0 saturated carbocycles. The molecule has 160 valence electrons. The number of rotatable bonds is 4. The molecule has 2 amide bonds. The number of aromatic nitrogens is 1. The Labute approximate surface area is 174 Å². The number of carbonyl (C=O) groups excluding carboxylic acids is 2. The second kappa shape index (κ2) is 8.06. The van der Waals surface area contributed by atoms with Gasteiger partial charge in [0.2, 0.25) is 5.89 Å². The van der Waals surface area contributed by atoms with Gasteiger partial charge in [-0.2, -0.15) is 0 Å². The fourth-order valence-corrected chi connectivity index (χ4v) is 4.61. The number of benzene rings is 1.